The van der Waals surface area contributed by atoms with Gasteiger partial charge in [0.15, 0.2) is 0 Å². The highest BCUT2D eigenvalue weighted by molar-refractivity contribution is 6.30. The van der Waals surface area contributed by atoms with Crippen LogP contribution in [-0.2, 0) is 6.61 Å². The van der Waals surface area contributed by atoms with Crippen LogP contribution in [0.3, 0.4) is 0 Å². The molecule has 7 heteroatoms. The van der Waals surface area contributed by atoms with Gasteiger partial charge in [0.25, 0.3) is 0 Å². The highest BCUT2D eigenvalue weighted by Gasteiger charge is 2.33. The number of aromatic nitrogens is 2. The maximum Gasteiger partial charge on any atom is 0.138 e. The zero-order valence-electron chi connectivity index (χ0n) is 18.9. The number of aliphatic hydroxyl groups excluding tert-OH is 1. The summed E-state index contributed by atoms with van der Waals surface area (Å²) >= 11 is 6.12. The largest absolute Gasteiger partial charge is 0.488 e. The van der Waals surface area contributed by atoms with Crippen molar-refractivity contribution < 1.29 is 14.2 Å². The van der Waals surface area contributed by atoms with Crippen molar-refractivity contribution >= 4 is 22.8 Å². The third-order valence-corrected chi connectivity index (χ3v) is 6.99. The van der Waals surface area contributed by atoms with Crippen LogP contribution in [0.4, 0.5) is 4.39 Å². The van der Waals surface area contributed by atoms with E-state index >= 15 is 0 Å². The van der Waals surface area contributed by atoms with Crippen LogP contribution in [0.2, 0.25) is 5.02 Å². The summed E-state index contributed by atoms with van der Waals surface area (Å²) in [4.78, 5) is 4.55. The summed E-state index contributed by atoms with van der Waals surface area (Å²) in [5.41, 5.74) is 6.61. The monoisotopic (exact) mass is 485 g/mol. The first kappa shape index (κ1) is 21.8. The summed E-state index contributed by atoms with van der Waals surface area (Å²) in [5.74, 6) is 0.233. The van der Waals surface area contributed by atoms with Gasteiger partial charge in [0.1, 0.15) is 29.9 Å². The number of aryl methyl sites for hydroxylation is 1. The van der Waals surface area contributed by atoms with Gasteiger partial charge in [-0.05, 0) is 66.6 Å². The van der Waals surface area contributed by atoms with Gasteiger partial charge in [-0.3, -0.25) is 0 Å². The van der Waals surface area contributed by atoms with Gasteiger partial charge in [0, 0.05) is 40.1 Å². The lowest BCUT2D eigenvalue weighted by Crippen LogP contribution is -2.07. The zero-order valence-corrected chi connectivity index (χ0v) is 19.7. The molecule has 2 aliphatic rings. The molecule has 0 amide bonds. The standard InChI is InChI=1S/C28H21ClFN3O2/c1-15-27(33-9-8-19(29)11-25(33)32-15)28(34)17-4-6-21-18(10-17)14-35-24-12-20(30)5-7-22(24)26(21)23(13-31)16-2-3-16/h4-12,16,28,34H,2-3,14H2,1H3/b26-23-. The van der Waals surface area contributed by atoms with E-state index in [2.05, 4.69) is 11.1 Å². The van der Waals surface area contributed by atoms with E-state index < -0.39 is 11.9 Å². The molecule has 5 nitrogen and oxygen atoms in total. The molecule has 6 rings (SSSR count). The highest BCUT2D eigenvalue weighted by Crippen LogP contribution is 2.46. The number of nitrogens with zero attached hydrogens (tertiary/aromatic N) is 3. The van der Waals surface area contributed by atoms with Crippen molar-refractivity contribution in [2.45, 2.75) is 32.5 Å². The minimum Gasteiger partial charge on any atom is -0.488 e. The molecule has 1 atom stereocenters. The molecule has 4 aromatic rings. The van der Waals surface area contributed by atoms with Crippen LogP contribution in [0.25, 0.3) is 11.2 Å². The second-order valence-corrected chi connectivity index (χ2v) is 9.52. The lowest BCUT2D eigenvalue weighted by Gasteiger charge is -2.17. The first-order valence-corrected chi connectivity index (χ1v) is 11.8. The van der Waals surface area contributed by atoms with E-state index in [1.807, 2.05) is 29.5 Å². The molecule has 1 saturated carbocycles. The molecule has 1 aliphatic carbocycles. The maximum absolute atomic E-state index is 14.0. The van der Waals surface area contributed by atoms with Crippen LogP contribution in [0.1, 0.15) is 52.6 Å². The summed E-state index contributed by atoms with van der Waals surface area (Å²) in [5, 5.41) is 22.0. The average Bonchev–Trinajstić information content (AvgIpc) is 3.64. The molecule has 1 aliphatic heterocycles. The number of halogens is 2. The molecule has 1 unspecified atom stereocenters. The molecular formula is C28H21ClFN3O2. The number of ether oxygens (including phenoxy) is 1. The molecule has 3 heterocycles. The average molecular weight is 486 g/mol. The molecule has 2 aromatic carbocycles. The van der Waals surface area contributed by atoms with E-state index in [0.717, 1.165) is 35.1 Å². The number of fused-ring (bicyclic) bond motifs is 3. The maximum atomic E-state index is 14.0. The SMILES string of the molecule is Cc1nc2cc(Cl)ccn2c1C(O)c1ccc2c(c1)COc1cc(F)ccc1/C2=C(/C#N)C1CC1. The van der Waals surface area contributed by atoms with Gasteiger partial charge in [-0.1, -0.05) is 23.7 Å². The number of imidazole rings is 1. The topological polar surface area (TPSA) is 70.6 Å². The first-order chi connectivity index (χ1) is 16.9. The van der Waals surface area contributed by atoms with Crippen molar-refractivity contribution in [1.29, 1.82) is 5.26 Å². The summed E-state index contributed by atoms with van der Waals surface area (Å²) in [6, 6.07) is 16.1. The summed E-state index contributed by atoms with van der Waals surface area (Å²) < 4.78 is 21.9. The number of rotatable bonds is 3. The number of aliphatic hydroxyl groups is 1. The summed E-state index contributed by atoms with van der Waals surface area (Å²) in [6.07, 6.45) is 2.79. The summed E-state index contributed by atoms with van der Waals surface area (Å²) in [7, 11) is 0. The van der Waals surface area contributed by atoms with E-state index in [1.54, 1.807) is 24.4 Å². The van der Waals surface area contributed by atoms with Crippen LogP contribution < -0.4 is 4.74 Å². The number of allylic oxidation sites excluding steroid dienone is 1. The molecule has 2 aromatic heterocycles. The number of hydrogen-bond acceptors (Lipinski definition) is 4. The number of benzene rings is 2. The van der Waals surface area contributed by atoms with Gasteiger partial charge in [0.05, 0.1) is 17.5 Å². The highest BCUT2D eigenvalue weighted by atomic mass is 35.5. The van der Waals surface area contributed by atoms with E-state index in [1.165, 1.54) is 12.1 Å². The Kier molecular flexibility index (Phi) is 5.14. The molecule has 0 saturated heterocycles. The second kappa shape index (κ2) is 8.23. The Hall–Kier alpha value is -3.66. The van der Waals surface area contributed by atoms with E-state index in [4.69, 9.17) is 16.3 Å². The van der Waals surface area contributed by atoms with Gasteiger partial charge in [0.2, 0.25) is 0 Å². The normalized spacial score (nSPS) is 17.1. The Labute approximate surface area is 206 Å². The molecule has 35 heavy (non-hydrogen) atoms. The fraction of sp³-hybridized carbons (Fsp3) is 0.214. The minimum atomic E-state index is -0.939. The predicted octanol–water partition coefficient (Wildman–Crippen LogP) is 6.14. The lowest BCUT2D eigenvalue weighted by atomic mass is 9.87. The Bertz CT molecular complexity index is 1580. The number of hydrogen-bond donors (Lipinski definition) is 1. The van der Waals surface area contributed by atoms with Gasteiger partial charge < -0.3 is 14.2 Å². The number of pyridine rings is 1. The first-order valence-electron chi connectivity index (χ1n) is 11.5. The van der Waals surface area contributed by atoms with Crippen molar-refractivity contribution in [3.63, 3.8) is 0 Å². The fourth-order valence-electron chi connectivity index (χ4n) is 4.93. The third-order valence-electron chi connectivity index (χ3n) is 6.75. The Morgan fingerprint density at radius 2 is 2.00 bits per heavy atom. The van der Waals surface area contributed by atoms with E-state index in [-0.39, 0.29) is 12.5 Å². The molecule has 1 N–H and O–H groups in total. The second-order valence-electron chi connectivity index (χ2n) is 9.08. The Morgan fingerprint density at radius 1 is 1.20 bits per heavy atom. The fourth-order valence-corrected chi connectivity index (χ4v) is 5.08. The van der Waals surface area contributed by atoms with Gasteiger partial charge in [-0.2, -0.15) is 5.26 Å². The smallest absolute Gasteiger partial charge is 0.138 e. The van der Waals surface area contributed by atoms with Crippen LogP contribution in [0.15, 0.2) is 60.3 Å². The molecular weight excluding hydrogens is 465 g/mol. The molecule has 0 radical (unpaired) electrons. The lowest BCUT2D eigenvalue weighted by molar-refractivity contribution is 0.213. The molecule has 0 spiro atoms. The van der Waals surface area contributed by atoms with Crippen LogP contribution >= 0.6 is 11.6 Å². The molecule has 0 bridgehead atoms. The van der Waals surface area contributed by atoms with Crippen LogP contribution in [0.5, 0.6) is 5.75 Å². The third kappa shape index (κ3) is 3.68. The van der Waals surface area contributed by atoms with Gasteiger partial charge in [-0.15, -0.1) is 0 Å². The van der Waals surface area contributed by atoms with Crippen molar-refractivity contribution in [1.82, 2.24) is 9.38 Å². The van der Waals surface area contributed by atoms with Crippen LogP contribution in [-0.4, -0.2) is 14.5 Å². The number of nitriles is 1. The van der Waals surface area contributed by atoms with Gasteiger partial charge in [-0.25, -0.2) is 9.37 Å². The summed E-state index contributed by atoms with van der Waals surface area (Å²) in [6.45, 7) is 2.05. The Balaban J connectivity index is 1.50. The van der Waals surface area contributed by atoms with Crippen molar-refractivity contribution in [3.05, 3.63) is 105 Å². The van der Waals surface area contributed by atoms with Crippen molar-refractivity contribution in [3.8, 4) is 11.8 Å². The quantitative estimate of drug-likeness (QED) is 0.353. The van der Waals surface area contributed by atoms with E-state index in [9.17, 15) is 14.8 Å². The predicted molar refractivity (Wildman–Crippen MR) is 131 cm³/mol. The molecule has 174 valence electrons. The van der Waals surface area contributed by atoms with Gasteiger partial charge >= 0.3 is 0 Å². The zero-order chi connectivity index (χ0) is 24.3. The van der Waals surface area contributed by atoms with Crippen LogP contribution in [0, 0.1) is 30.0 Å². The van der Waals surface area contributed by atoms with Crippen molar-refractivity contribution in [2.24, 2.45) is 5.92 Å². The van der Waals surface area contributed by atoms with Crippen molar-refractivity contribution in [2.75, 3.05) is 0 Å². The van der Waals surface area contributed by atoms with E-state index in [0.29, 0.717) is 38.9 Å². The molecule has 1 fully saturated rings. The minimum absolute atomic E-state index is 0.195. The Morgan fingerprint density at radius 3 is 2.77 bits per heavy atom.